The van der Waals surface area contributed by atoms with Gasteiger partial charge in [0.2, 0.25) is 5.91 Å². The number of hydrogen-bond donors (Lipinski definition) is 2. The van der Waals surface area contributed by atoms with Gasteiger partial charge in [0.1, 0.15) is 12.2 Å². The van der Waals surface area contributed by atoms with Gasteiger partial charge < -0.3 is 10.4 Å². The van der Waals surface area contributed by atoms with Gasteiger partial charge >= 0.3 is 5.97 Å². The van der Waals surface area contributed by atoms with E-state index in [0.717, 1.165) is 11.0 Å². The highest BCUT2D eigenvalue weighted by molar-refractivity contribution is 5.86. The van der Waals surface area contributed by atoms with E-state index in [-0.39, 0.29) is 18.1 Å². The van der Waals surface area contributed by atoms with Crippen molar-refractivity contribution in [2.45, 2.75) is 19.9 Å². The van der Waals surface area contributed by atoms with Crippen molar-refractivity contribution in [3.63, 3.8) is 0 Å². The van der Waals surface area contributed by atoms with Crippen molar-refractivity contribution in [3.8, 4) is 0 Å². The van der Waals surface area contributed by atoms with Crippen LogP contribution >= 0.6 is 0 Å². The first-order valence-corrected chi connectivity index (χ1v) is 5.26. The van der Waals surface area contributed by atoms with Gasteiger partial charge in [0.05, 0.1) is 0 Å². The molecule has 0 aromatic carbocycles. The molecule has 0 unspecified atom stereocenters. The third kappa shape index (κ3) is 3.44. The number of carbonyl (C=O) groups is 2. The van der Waals surface area contributed by atoms with Crippen LogP contribution in [0.25, 0.3) is 0 Å². The largest absolute Gasteiger partial charge is 0.477 e. The third-order valence-corrected chi connectivity index (χ3v) is 2.14. The molecule has 0 radical (unpaired) electrons. The average molecular weight is 238 g/mol. The molecule has 0 spiro atoms. The van der Waals surface area contributed by atoms with Gasteiger partial charge in [0, 0.05) is 12.6 Å². The number of rotatable bonds is 5. The molecule has 0 fully saturated rings. The normalized spacial score (nSPS) is 9.94. The molecule has 1 amide bonds. The van der Waals surface area contributed by atoms with E-state index in [2.05, 4.69) is 5.32 Å². The van der Waals surface area contributed by atoms with Crippen molar-refractivity contribution in [2.75, 3.05) is 6.54 Å². The smallest absolute Gasteiger partial charge is 0.352 e. The summed E-state index contributed by atoms with van der Waals surface area (Å²) >= 11 is 0. The van der Waals surface area contributed by atoms with E-state index in [9.17, 15) is 14.4 Å². The molecule has 17 heavy (non-hydrogen) atoms. The molecule has 0 aliphatic heterocycles. The molecule has 0 bridgehead atoms. The second-order valence-electron chi connectivity index (χ2n) is 3.49. The Hall–Kier alpha value is -2.11. The molecular weight excluding hydrogens is 224 g/mol. The number of carboxylic acid groups (broad SMARTS) is 1. The zero-order valence-electron chi connectivity index (χ0n) is 9.47. The van der Waals surface area contributed by atoms with Gasteiger partial charge in [-0.05, 0) is 12.5 Å². The van der Waals surface area contributed by atoms with Gasteiger partial charge in [0.15, 0.2) is 0 Å². The molecule has 0 aliphatic carbocycles. The maximum Gasteiger partial charge on any atom is 0.352 e. The minimum atomic E-state index is -1.23. The second-order valence-corrected chi connectivity index (χ2v) is 3.49. The first kappa shape index (κ1) is 13.0. The maximum atomic E-state index is 11.5. The fourth-order valence-corrected chi connectivity index (χ4v) is 1.33. The highest BCUT2D eigenvalue weighted by atomic mass is 16.4. The summed E-state index contributed by atoms with van der Waals surface area (Å²) in [4.78, 5) is 33.8. The van der Waals surface area contributed by atoms with Crippen molar-refractivity contribution < 1.29 is 14.7 Å². The van der Waals surface area contributed by atoms with Gasteiger partial charge in [-0.3, -0.25) is 14.2 Å². The Morgan fingerprint density at radius 1 is 1.41 bits per heavy atom. The number of nitrogens with one attached hydrogen (secondary N) is 1. The molecule has 6 nitrogen and oxygen atoms in total. The van der Waals surface area contributed by atoms with Gasteiger partial charge in [-0.2, -0.15) is 0 Å². The number of carbonyl (C=O) groups excluding carboxylic acids is 1. The number of amides is 1. The lowest BCUT2D eigenvalue weighted by atomic mass is 10.3. The number of pyridine rings is 1. The van der Waals surface area contributed by atoms with Crippen molar-refractivity contribution in [2.24, 2.45) is 0 Å². The van der Waals surface area contributed by atoms with E-state index in [1.165, 1.54) is 18.2 Å². The van der Waals surface area contributed by atoms with E-state index in [1.807, 2.05) is 6.92 Å². The third-order valence-electron chi connectivity index (χ3n) is 2.14. The number of aromatic carboxylic acids is 1. The molecule has 92 valence electrons. The molecule has 1 aromatic heterocycles. The van der Waals surface area contributed by atoms with Gasteiger partial charge in [0.25, 0.3) is 5.56 Å². The lowest BCUT2D eigenvalue weighted by Crippen LogP contribution is -2.34. The van der Waals surface area contributed by atoms with E-state index in [4.69, 9.17) is 5.11 Å². The van der Waals surface area contributed by atoms with Crippen LogP contribution in [0.3, 0.4) is 0 Å². The molecule has 1 aromatic rings. The Labute approximate surface area is 97.9 Å². The topological polar surface area (TPSA) is 88.4 Å². The monoisotopic (exact) mass is 238 g/mol. The van der Waals surface area contributed by atoms with E-state index in [0.29, 0.717) is 6.54 Å². The van der Waals surface area contributed by atoms with Crippen LogP contribution in [0.5, 0.6) is 0 Å². The molecule has 0 atom stereocenters. The Morgan fingerprint density at radius 3 is 2.71 bits per heavy atom. The Kier molecular flexibility index (Phi) is 4.45. The molecule has 6 heteroatoms. The van der Waals surface area contributed by atoms with E-state index in [1.54, 1.807) is 0 Å². The van der Waals surface area contributed by atoms with Gasteiger partial charge in [-0.1, -0.05) is 13.0 Å². The van der Waals surface area contributed by atoms with Crippen molar-refractivity contribution in [1.82, 2.24) is 9.88 Å². The zero-order chi connectivity index (χ0) is 12.8. The van der Waals surface area contributed by atoms with Crippen LogP contribution in [0.1, 0.15) is 23.8 Å². The van der Waals surface area contributed by atoms with Crippen LogP contribution < -0.4 is 10.9 Å². The highest BCUT2D eigenvalue weighted by Crippen LogP contribution is 1.96. The molecule has 1 rings (SSSR count). The number of aromatic nitrogens is 1. The van der Waals surface area contributed by atoms with Crippen LogP contribution in [-0.2, 0) is 11.3 Å². The zero-order valence-corrected chi connectivity index (χ0v) is 9.47. The summed E-state index contributed by atoms with van der Waals surface area (Å²) in [5, 5.41) is 11.5. The van der Waals surface area contributed by atoms with Crippen LogP contribution in [0.15, 0.2) is 23.0 Å². The summed E-state index contributed by atoms with van der Waals surface area (Å²) in [6.45, 7) is 2.13. The number of nitrogens with zero attached hydrogens (tertiary/aromatic N) is 1. The molecule has 0 saturated heterocycles. The SMILES string of the molecule is CCCNC(=O)Cn1c(C(=O)O)cccc1=O. The average Bonchev–Trinajstić information content (AvgIpc) is 2.28. The Bertz CT molecular complexity index is 479. The molecule has 0 aliphatic rings. The van der Waals surface area contributed by atoms with E-state index < -0.39 is 11.5 Å². The summed E-state index contributed by atoms with van der Waals surface area (Å²) in [6, 6.07) is 3.86. The lowest BCUT2D eigenvalue weighted by molar-refractivity contribution is -0.121. The van der Waals surface area contributed by atoms with Gasteiger partial charge in [-0.15, -0.1) is 0 Å². The summed E-state index contributed by atoms with van der Waals surface area (Å²) in [6.07, 6.45) is 0.779. The first-order valence-electron chi connectivity index (χ1n) is 5.26. The Morgan fingerprint density at radius 2 is 2.12 bits per heavy atom. The standard InChI is InChI=1S/C11H14N2O4/c1-2-6-12-9(14)7-13-8(11(16)17)4-3-5-10(13)15/h3-5H,2,6-7H2,1H3,(H,12,14)(H,16,17). The van der Waals surface area contributed by atoms with Crippen LogP contribution in [0, 0.1) is 0 Å². The number of hydrogen-bond acceptors (Lipinski definition) is 3. The number of carboxylic acids is 1. The maximum absolute atomic E-state index is 11.5. The predicted octanol–water partition coefficient (Wildman–Crippen LogP) is 0.0727. The van der Waals surface area contributed by atoms with Crippen molar-refractivity contribution in [3.05, 3.63) is 34.2 Å². The molecule has 0 saturated carbocycles. The first-order chi connectivity index (χ1) is 8.06. The molecular formula is C11H14N2O4. The minimum absolute atomic E-state index is 0.191. The van der Waals surface area contributed by atoms with Crippen molar-refractivity contribution >= 4 is 11.9 Å². The predicted molar refractivity (Wildman–Crippen MR) is 61.0 cm³/mol. The fourth-order valence-electron chi connectivity index (χ4n) is 1.33. The highest BCUT2D eigenvalue weighted by Gasteiger charge is 2.12. The van der Waals surface area contributed by atoms with Crippen LogP contribution in [0.4, 0.5) is 0 Å². The lowest BCUT2D eigenvalue weighted by Gasteiger charge is -2.09. The summed E-state index contributed by atoms with van der Waals surface area (Å²) in [7, 11) is 0. The summed E-state index contributed by atoms with van der Waals surface area (Å²) in [5.74, 6) is -1.60. The minimum Gasteiger partial charge on any atom is -0.477 e. The summed E-state index contributed by atoms with van der Waals surface area (Å²) in [5.41, 5.74) is -0.694. The molecule has 1 heterocycles. The van der Waals surface area contributed by atoms with E-state index >= 15 is 0 Å². The fraction of sp³-hybridized carbons (Fsp3) is 0.364. The summed E-state index contributed by atoms with van der Waals surface area (Å²) < 4.78 is 0.938. The molecule has 2 N–H and O–H groups in total. The second kappa shape index (κ2) is 5.83. The van der Waals surface area contributed by atoms with Gasteiger partial charge in [-0.25, -0.2) is 4.79 Å². The quantitative estimate of drug-likeness (QED) is 0.760. The van der Waals surface area contributed by atoms with Crippen LogP contribution in [0.2, 0.25) is 0 Å². The van der Waals surface area contributed by atoms with Crippen LogP contribution in [-0.4, -0.2) is 28.1 Å². The van der Waals surface area contributed by atoms with Crippen molar-refractivity contribution in [1.29, 1.82) is 0 Å². The Balaban J connectivity index is 2.93.